The van der Waals surface area contributed by atoms with Gasteiger partial charge in [0.05, 0.1) is 0 Å². The highest BCUT2D eigenvalue weighted by molar-refractivity contribution is 5.80. The molecule has 0 radical (unpaired) electrons. The number of carboxylic acids is 1. The van der Waals surface area contributed by atoms with Gasteiger partial charge in [-0.25, -0.2) is 9.59 Å². The Labute approximate surface area is 143 Å². The van der Waals surface area contributed by atoms with Gasteiger partial charge in [-0.05, 0) is 39.3 Å². The van der Waals surface area contributed by atoms with Gasteiger partial charge in [-0.15, -0.1) is 0 Å². The van der Waals surface area contributed by atoms with Crippen molar-refractivity contribution in [3.63, 3.8) is 0 Å². The van der Waals surface area contributed by atoms with Crippen LogP contribution in [0.2, 0.25) is 0 Å². The van der Waals surface area contributed by atoms with Gasteiger partial charge in [-0.1, -0.05) is 37.3 Å². The highest BCUT2D eigenvalue weighted by Crippen LogP contribution is 2.09. The molecular weight excluding hydrogens is 308 g/mol. The summed E-state index contributed by atoms with van der Waals surface area (Å²) in [5, 5.41) is 11.9. The Bertz CT molecular complexity index is 526. The second kappa shape index (κ2) is 9.27. The first-order valence-corrected chi connectivity index (χ1v) is 8.20. The lowest BCUT2D eigenvalue weighted by molar-refractivity contribution is -0.140. The van der Waals surface area contributed by atoms with Crippen LogP contribution in [0, 0.1) is 0 Å². The number of hydrogen-bond acceptors (Lipinski definition) is 4. The number of rotatable bonds is 8. The Kier molecular flexibility index (Phi) is 7.71. The number of benzene rings is 1. The lowest BCUT2D eigenvalue weighted by atomic mass is 10.2. The zero-order chi connectivity index (χ0) is 18.2. The average molecular weight is 336 g/mol. The number of aliphatic carboxylic acids is 1. The number of amides is 1. The van der Waals surface area contributed by atoms with Crippen molar-refractivity contribution in [2.45, 2.75) is 52.3 Å². The van der Waals surface area contributed by atoms with Gasteiger partial charge in [0.15, 0.2) is 0 Å². The average Bonchev–Trinajstić information content (AvgIpc) is 2.45. The molecule has 0 fully saturated rings. The van der Waals surface area contributed by atoms with Gasteiger partial charge in [0.2, 0.25) is 0 Å². The van der Waals surface area contributed by atoms with Gasteiger partial charge in [0.25, 0.3) is 0 Å². The zero-order valence-corrected chi connectivity index (χ0v) is 14.9. The van der Waals surface area contributed by atoms with E-state index >= 15 is 0 Å². The van der Waals surface area contributed by atoms with Crippen LogP contribution in [-0.4, -0.2) is 46.8 Å². The fraction of sp³-hybridized carbons (Fsp3) is 0.556. The summed E-state index contributed by atoms with van der Waals surface area (Å²) in [6, 6.07) is 8.83. The van der Waals surface area contributed by atoms with Crippen molar-refractivity contribution in [3.8, 4) is 0 Å². The van der Waals surface area contributed by atoms with Crippen LogP contribution in [0.3, 0.4) is 0 Å². The van der Waals surface area contributed by atoms with Crippen LogP contribution in [0.25, 0.3) is 0 Å². The third kappa shape index (κ3) is 7.97. The molecule has 0 aliphatic rings. The molecule has 0 aliphatic heterocycles. The minimum atomic E-state index is -1.07. The van der Waals surface area contributed by atoms with Gasteiger partial charge in [-0.3, -0.25) is 4.90 Å². The maximum absolute atomic E-state index is 11.9. The standard InChI is InChI=1S/C18H28N2O4/c1-5-11-20(12-14-9-7-6-8-10-14)13-15(16(21)22)19-17(23)24-18(2,3)4/h6-10,15H,5,11-13H2,1-4H3,(H,19,23)(H,21,22)/t15-/m1/s1. The monoisotopic (exact) mass is 336 g/mol. The Morgan fingerprint density at radius 1 is 1.25 bits per heavy atom. The first-order valence-electron chi connectivity index (χ1n) is 8.20. The maximum Gasteiger partial charge on any atom is 0.408 e. The van der Waals surface area contributed by atoms with E-state index in [1.165, 1.54) is 0 Å². The number of nitrogens with one attached hydrogen (secondary N) is 1. The van der Waals surface area contributed by atoms with Crippen molar-refractivity contribution in [3.05, 3.63) is 35.9 Å². The molecule has 0 heterocycles. The molecule has 1 atom stereocenters. The Morgan fingerprint density at radius 2 is 1.88 bits per heavy atom. The normalized spacial score (nSPS) is 12.7. The van der Waals surface area contributed by atoms with E-state index in [0.717, 1.165) is 18.5 Å². The fourth-order valence-corrected chi connectivity index (χ4v) is 2.29. The molecule has 1 aromatic rings. The lowest BCUT2D eigenvalue weighted by Crippen LogP contribution is -2.49. The van der Waals surface area contributed by atoms with Gasteiger partial charge < -0.3 is 15.2 Å². The molecule has 24 heavy (non-hydrogen) atoms. The summed E-state index contributed by atoms with van der Waals surface area (Å²) >= 11 is 0. The molecule has 6 nitrogen and oxygen atoms in total. The van der Waals surface area contributed by atoms with E-state index in [1.807, 2.05) is 42.2 Å². The van der Waals surface area contributed by atoms with E-state index in [0.29, 0.717) is 6.54 Å². The van der Waals surface area contributed by atoms with Crippen LogP contribution in [0.4, 0.5) is 4.79 Å². The molecular formula is C18H28N2O4. The summed E-state index contributed by atoms with van der Waals surface area (Å²) in [7, 11) is 0. The van der Waals surface area contributed by atoms with E-state index in [-0.39, 0.29) is 6.54 Å². The molecule has 0 unspecified atom stereocenters. The molecule has 6 heteroatoms. The molecule has 0 saturated carbocycles. The number of carboxylic acid groups (broad SMARTS) is 1. The van der Waals surface area contributed by atoms with Crippen LogP contribution in [0.1, 0.15) is 39.7 Å². The van der Waals surface area contributed by atoms with E-state index in [1.54, 1.807) is 20.8 Å². The van der Waals surface area contributed by atoms with E-state index in [2.05, 4.69) is 5.32 Å². The summed E-state index contributed by atoms with van der Waals surface area (Å²) in [5.74, 6) is -1.07. The largest absolute Gasteiger partial charge is 0.480 e. The molecule has 1 aromatic carbocycles. The topological polar surface area (TPSA) is 78.9 Å². The Morgan fingerprint density at radius 3 is 2.38 bits per heavy atom. The van der Waals surface area contributed by atoms with Gasteiger partial charge >= 0.3 is 12.1 Å². The molecule has 0 saturated heterocycles. The van der Waals surface area contributed by atoms with E-state index in [4.69, 9.17) is 4.74 Å². The first-order chi connectivity index (χ1) is 11.2. The summed E-state index contributed by atoms with van der Waals surface area (Å²) in [6.45, 7) is 8.85. The predicted molar refractivity (Wildman–Crippen MR) is 92.8 cm³/mol. The fourth-order valence-electron chi connectivity index (χ4n) is 2.29. The quantitative estimate of drug-likeness (QED) is 0.763. The smallest absolute Gasteiger partial charge is 0.408 e. The molecule has 1 rings (SSSR count). The number of alkyl carbamates (subject to hydrolysis) is 1. The number of hydrogen-bond donors (Lipinski definition) is 2. The van der Waals surface area contributed by atoms with Crippen LogP contribution in [-0.2, 0) is 16.1 Å². The maximum atomic E-state index is 11.9. The third-order valence-corrected chi connectivity index (χ3v) is 3.22. The Balaban J connectivity index is 2.71. The summed E-state index contributed by atoms with van der Waals surface area (Å²) in [4.78, 5) is 25.4. The SMILES string of the molecule is CCCN(Cc1ccccc1)C[C@@H](NC(=O)OC(C)(C)C)C(=O)O. The molecule has 134 valence electrons. The van der Waals surface area contributed by atoms with Crippen LogP contribution in [0.5, 0.6) is 0 Å². The number of carbonyl (C=O) groups is 2. The van der Waals surface area contributed by atoms with Crippen molar-refractivity contribution >= 4 is 12.1 Å². The first kappa shape index (κ1) is 20.0. The van der Waals surface area contributed by atoms with Gasteiger partial charge in [0, 0.05) is 13.1 Å². The molecule has 1 amide bonds. The van der Waals surface area contributed by atoms with Crippen LogP contribution >= 0.6 is 0 Å². The molecule has 0 bridgehead atoms. The van der Waals surface area contributed by atoms with Crippen LogP contribution in [0.15, 0.2) is 30.3 Å². The number of carbonyl (C=O) groups excluding carboxylic acids is 1. The molecule has 2 N–H and O–H groups in total. The van der Waals surface area contributed by atoms with Gasteiger partial charge in [0.1, 0.15) is 11.6 Å². The van der Waals surface area contributed by atoms with Crippen molar-refractivity contribution in [1.29, 1.82) is 0 Å². The molecule has 0 aliphatic carbocycles. The summed E-state index contributed by atoms with van der Waals surface area (Å²) in [6.07, 6.45) is 0.178. The number of nitrogens with zero attached hydrogens (tertiary/aromatic N) is 1. The summed E-state index contributed by atoms with van der Waals surface area (Å²) in [5.41, 5.74) is 0.438. The summed E-state index contributed by atoms with van der Waals surface area (Å²) < 4.78 is 5.15. The lowest BCUT2D eigenvalue weighted by Gasteiger charge is -2.27. The Hall–Kier alpha value is -2.08. The van der Waals surface area contributed by atoms with Crippen molar-refractivity contribution < 1.29 is 19.4 Å². The third-order valence-electron chi connectivity index (χ3n) is 3.22. The minimum Gasteiger partial charge on any atom is -0.480 e. The van der Waals surface area contributed by atoms with Crippen LogP contribution < -0.4 is 5.32 Å². The highest BCUT2D eigenvalue weighted by Gasteiger charge is 2.25. The van der Waals surface area contributed by atoms with Gasteiger partial charge in [-0.2, -0.15) is 0 Å². The van der Waals surface area contributed by atoms with E-state index < -0.39 is 23.7 Å². The minimum absolute atomic E-state index is 0.220. The second-order valence-corrected chi connectivity index (χ2v) is 6.76. The van der Waals surface area contributed by atoms with Crippen molar-refractivity contribution in [1.82, 2.24) is 10.2 Å². The molecule has 0 aromatic heterocycles. The highest BCUT2D eigenvalue weighted by atomic mass is 16.6. The number of ether oxygens (including phenoxy) is 1. The molecule has 0 spiro atoms. The van der Waals surface area contributed by atoms with Crippen molar-refractivity contribution in [2.24, 2.45) is 0 Å². The van der Waals surface area contributed by atoms with E-state index in [9.17, 15) is 14.7 Å². The van der Waals surface area contributed by atoms with Crippen molar-refractivity contribution in [2.75, 3.05) is 13.1 Å². The zero-order valence-electron chi connectivity index (χ0n) is 14.9. The predicted octanol–water partition coefficient (Wildman–Crippen LogP) is 2.88. The second-order valence-electron chi connectivity index (χ2n) is 6.76.